The molecular formula is C4H5Cl3. The number of halogens is 3. The summed E-state index contributed by atoms with van der Waals surface area (Å²) in [6.07, 6.45) is 3.17. The number of hydrogen-bond donors (Lipinski definition) is 0. The van der Waals surface area contributed by atoms with E-state index in [2.05, 4.69) is 0 Å². The lowest BCUT2D eigenvalue weighted by Gasteiger charge is -1.99. The standard InChI is InChI=1S/C4H5Cl3/c1-2-3-4(5,6)7/h2-3H,1H3/b3-2-. The minimum Gasteiger partial charge on any atom is -0.0875 e. The van der Waals surface area contributed by atoms with Gasteiger partial charge in [0, 0.05) is 0 Å². The Bertz CT molecular complexity index is 69.5. The van der Waals surface area contributed by atoms with Crippen LogP contribution in [0.2, 0.25) is 0 Å². The maximum absolute atomic E-state index is 5.28. The maximum atomic E-state index is 5.28. The molecule has 0 aromatic carbocycles. The minimum atomic E-state index is -1.21. The first-order valence-electron chi connectivity index (χ1n) is 1.77. The van der Waals surface area contributed by atoms with Gasteiger partial charge in [0.25, 0.3) is 0 Å². The van der Waals surface area contributed by atoms with E-state index in [1.54, 1.807) is 13.0 Å². The normalized spacial score (nSPS) is 13.1. The SMILES string of the molecule is C/C=C\C(Cl)(Cl)Cl. The first-order valence-corrected chi connectivity index (χ1v) is 2.90. The van der Waals surface area contributed by atoms with E-state index in [1.807, 2.05) is 0 Å². The quantitative estimate of drug-likeness (QED) is 0.377. The number of allylic oxidation sites excluding steroid dienone is 2. The molecule has 0 heterocycles. The summed E-state index contributed by atoms with van der Waals surface area (Å²) in [4.78, 5) is 0. The fourth-order valence-corrected chi connectivity index (χ4v) is 0.567. The second-order valence-electron chi connectivity index (χ2n) is 1.04. The van der Waals surface area contributed by atoms with E-state index in [4.69, 9.17) is 34.8 Å². The monoisotopic (exact) mass is 158 g/mol. The van der Waals surface area contributed by atoms with Crippen molar-refractivity contribution in [3.63, 3.8) is 0 Å². The highest BCUT2D eigenvalue weighted by atomic mass is 35.6. The predicted molar refractivity (Wildman–Crippen MR) is 35.1 cm³/mol. The summed E-state index contributed by atoms with van der Waals surface area (Å²) in [5.41, 5.74) is 0. The van der Waals surface area contributed by atoms with Crippen molar-refractivity contribution in [1.29, 1.82) is 0 Å². The van der Waals surface area contributed by atoms with Gasteiger partial charge in [-0.05, 0) is 13.0 Å². The fraction of sp³-hybridized carbons (Fsp3) is 0.500. The smallest absolute Gasteiger partial charge is 0.0875 e. The van der Waals surface area contributed by atoms with Crippen LogP contribution in [0.3, 0.4) is 0 Å². The lowest BCUT2D eigenvalue weighted by atomic mass is 10.6. The topological polar surface area (TPSA) is 0 Å². The van der Waals surface area contributed by atoms with Crippen molar-refractivity contribution in [2.24, 2.45) is 0 Å². The third-order valence-corrected chi connectivity index (χ3v) is 0.734. The van der Waals surface area contributed by atoms with E-state index in [0.29, 0.717) is 0 Å². The zero-order chi connectivity index (χ0) is 5.91. The van der Waals surface area contributed by atoms with Crippen molar-refractivity contribution in [2.45, 2.75) is 10.7 Å². The van der Waals surface area contributed by atoms with Gasteiger partial charge in [-0.15, -0.1) is 0 Å². The van der Waals surface area contributed by atoms with Crippen LogP contribution in [0.15, 0.2) is 12.2 Å². The van der Waals surface area contributed by atoms with Crippen LogP contribution in [0.5, 0.6) is 0 Å². The highest BCUT2D eigenvalue weighted by molar-refractivity contribution is 6.68. The third-order valence-electron chi connectivity index (χ3n) is 0.356. The lowest BCUT2D eigenvalue weighted by Crippen LogP contribution is -1.92. The first-order chi connectivity index (χ1) is 3.06. The van der Waals surface area contributed by atoms with Crippen molar-refractivity contribution in [3.8, 4) is 0 Å². The number of rotatable bonds is 0. The van der Waals surface area contributed by atoms with Crippen LogP contribution < -0.4 is 0 Å². The molecule has 7 heavy (non-hydrogen) atoms. The second kappa shape index (κ2) is 2.81. The van der Waals surface area contributed by atoms with Crippen LogP contribution in [-0.4, -0.2) is 3.79 Å². The van der Waals surface area contributed by atoms with Crippen molar-refractivity contribution in [1.82, 2.24) is 0 Å². The number of alkyl halides is 3. The van der Waals surface area contributed by atoms with Gasteiger partial charge >= 0.3 is 0 Å². The van der Waals surface area contributed by atoms with Gasteiger partial charge in [0.15, 0.2) is 0 Å². The Morgan fingerprint density at radius 2 is 1.71 bits per heavy atom. The Morgan fingerprint density at radius 1 is 1.29 bits per heavy atom. The van der Waals surface area contributed by atoms with Crippen molar-refractivity contribution >= 4 is 34.8 Å². The predicted octanol–water partition coefficient (Wildman–Crippen LogP) is 2.93. The largest absolute Gasteiger partial charge is 0.209 e. The van der Waals surface area contributed by atoms with Gasteiger partial charge in [0.2, 0.25) is 3.79 Å². The second-order valence-corrected chi connectivity index (χ2v) is 3.41. The molecule has 0 N–H and O–H groups in total. The fourth-order valence-electron chi connectivity index (χ4n) is 0.189. The molecule has 0 rings (SSSR count). The number of hydrogen-bond acceptors (Lipinski definition) is 0. The van der Waals surface area contributed by atoms with Crippen LogP contribution in [0.25, 0.3) is 0 Å². The first kappa shape index (κ1) is 7.61. The van der Waals surface area contributed by atoms with Crippen LogP contribution >= 0.6 is 34.8 Å². The van der Waals surface area contributed by atoms with Gasteiger partial charge in [-0.3, -0.25) is 0 Å². The Hall–Kier alpha value is 0.610. The van der Waals surface area contributed by atoms with E-state index < -0.39 is 3.79 Å². The van der Waals surface area contributed by atoms with Crippen molar-refractivity contribution in [3.05, 3.63) is 12.2 Å². The van der Waals surface area contributed by atoms with Crippen molar-refractivity contribution in [2.75, 3.05) is 0 Å². The molecule has 0 radical (unpaired) electrons. The molecule has 0 saturated heterocycles. The summed E-state index contributed by atoms with van der Waals surface area (Å²) in [7, 11) is 0. The molecule has 42 valence electrons. The Labute approximate surface area is 58.1 Å². The molecule has 3 heteroatoms. The summed E-state index contributed by atoms with van der Waals surface area (Å²) in [5.74, 6) is 0. The molecule has 0 spiro atoms. The molecule has 0 atom stereocenters. The zero-order valence-electron chi connectivity index (χ0n) is 3.79. The third kappa shape index (κ3) is 6.61. The Morgan fingerprint density at radius 3 is 1.71 bits per heavy atom. The Balaban J connectivity index is 3.56. The zero-order valence-corrected chi connectivity index (χ0v) is 6.06. The van der Waals surface area contributed by atoms with Gasteiger partial charge in [-0.1, -0.05) is 40.9 Å². The molecule has 0 nitrogen and oxygen atoms in total. The maximum Gasteiger partial charge on any atom is 0.209 e. The van der Waals surface area contributed by atoms with Gasteiger partial charge in [0.1, 0.15) is 0 Å². The average molecular weight is 159 g/mol. The minimum absolute atomic E-state index is 1.21. The van der Waals surface area contributed by atoms with Crippen LogP contribution in [0, 0.1) is 0 Å². The van der Waals surface area contributed by atoms with Gasteiger partial charge in [-0.2, -0.15) is 0 Å². The molecule has 0 aromatic rings. The molecule has 0 unspecified atom stereocenters. The van der Waals surface area contributed by atoms with Crippen LogP contribution in [0.1, 0.15) is 6.92 Å². The molecule has 0 aliphatic heterocycles. The molecule has 0 fully saturated rings. The molecule has 0 aliphatic rings. The Kier molecular flexibility index (Phi) is 3.05. The van der Waals surface area contributed by atoms with E-state index in [9.17, 15) is 0 Å². The molecular weight excluding hydrogens is 154 g/mol. The summed E-state index contributed by atoms with van der Waals surface area (Å²) >= 11 is 15.8. The van der Waals surface area contributed by atoms with Gasteiger partial charge in [0.05, 0.1) is 0 Å². The van der Waals surface area contributed by atoms with E-state index in [-0.39, 0.29) is 0 Å². The van der Waals surface area contributed by atoms with E-state index >= 15 is 0 Å². The van der Waals surface area contributed by atoms with Gasteiger partial charge < -0.3 is 0 Å². The summed E-state index contributed by atoms with van der Waals surface area (Å²) < 4.78 is -1.21. The molecule has 0 aromatic heterocycles. The van der Waals surface area contributed by atoms with Gasteiger partial charge in [-0.25, -0.2) is 0 Å². The highest BCUT2D eigenvalue weighted by Gasteiger charge is 2.12. The van der Waals surface area contributed by atoms with Crippen LogP contribution in [-0.2, 0) is 0 Å². The summed E-state index contributed by atoms with van der Waals surface area (Å²) in [6.45, 7) is 1.79. The summed E-state index contributed by atoms with van der Waals surface area (Å²) in [5, 5.41) is 0. The molecule has 0 amide bonds. The lowest BCUT2D eigenvalue weighted by molar-refractivity contribution is 1.44. The molecule has 0 aliphatic carbocycles. The van der Waals surface area contributed by atoms with Crippen LogP contribution in [0.4, 0.5) is 0 Å². The average Bonchev–Trinajstić information content (AvgIpc) is 1.30. The van der Waals surface area contributed by atoms with E-state index in [1.165, 1.54) is 6.08 Å². The molecule has 0 bridgehead atoms. The van der Waals surface area contributed by atoms with Crippen molar-refractivity contribution < 1.29 is 0 Å². The highest BCUT2D eigenvalue weighted by Crippen LogP contribution is 2.26. The molecule has 0 saturated carbocycles. The van der Waals surface area contributed by atoms with E-state index in [0.717, 1.165) is 0 Å². The summed E-state index contributed by atoms with van der Waals surface area (Å²) in [6, 6.07) is 0.